The molecule has 1 heterocycles. The van der Waals surface area contributed by atoms with Gasteiger partial charge in [-0.2, -0.15) is 0 Å². The number of aryl methyl sites for hydroxylation is 1. The first-order chi connectivity index (χ1) is 12.1. The molecule has 136 valence electrons. The third kappa shape index (κ3) is 7.50. The van der Waals surface area contributed by atoms with Gasteiger partial charge >= 0.3 is 5.97 Å². The zero-order valence-electron chi connectivity index (χ0n) is 14.7. The predicted molar refractivity (Wildman–Crippen MR) is 95.0 cm³/mol. The zero-order valence-corrected chi connectivity index (χ0v) is 14.7. The number of ether oxygens (including phenoxy) is 1. The number of carbonyl (C=O) groups is 3. The van der Waals surface area contributed by atoms with Crippen LogP contribution in [-0.2, 0) is 25.5 Å². The first-order valence-corrected chi connectivity index (χ1v) is 9.17. The molecule has 5 nitrogen and oxygen atoms in total. The Bertz CT molecular complexity index is 570. The van der Waals surface area contributed by atoms with E-state index in [4.69, 9.17) is 4.74 Å². The van der Waals surface area contributed by atoms with Crippen molar-refractivity contribution >= 4 is 17.7 Å². The van der Waals surface area contributed by atoms with Crippen LogP contribution in [0.4, 0.5) is 0 Å². The van der Waals surface area contributed by atoms with E-state index in [1.165, 1.54) is 5.56 Å². The van der Waals surface area contributed by atoms with Gasteiger partial charge in [0, 0.05) is 12.8 Å². The van der Waals surface area contributed by atoms with E-state index < -0.39 is 12.0 Å². The number of benzene rings is 1. The van der Waals surface area contributed by atoms with Crippen molar-refractivity contribution < 1.29 is 19.1 Å². The van der Waals surface area contributed by atoms with Crippen LogP contribution in [0.1, 0.15) is 56.9 Å². The van der Waals surface area contributed by atoms with E-state index in [-0.39, 0.29) is 18.1 Å². The average Bonchev–Trinajstić information content (AvgIpc) is 2.99. The second-order valence-corrected chi connectivity index (χ2v) is 6.55. The van der Waals surface area contributed by atoms with Crippen molar-refractivity contribution in [3.8, 4) is 0 Å². The Morgan fingerprint density at radius 2 is 1.76 bits per heavy atom. The van der Waals surface area contributed by atoms with E-state index in [1.807, 2.05) is 6.07 Å². The van der Waals surface area contributed by atoms with Gasteiger partial charge < -0.3 is 10.1 Å². The second-order valence-electron chi connectivity index (χ2n) is 6.55. The van der Waals surface area contributed by atoms with Crippen LogP contribution in [0.25, 0.3) is 0 Å². The Hall–Kier alpha value is -2.17. The molecule has 1 aliphatic rings. The lowest BCUT2D eigenvalue weighted by molar-refractivity contribution is -0.142. The molecule has 0 spiro atoms. The highest BCUT2D eigenvalue weighted by atomic mass is 16.5. The normalized spacial score (nSPS) is 16.5. The molecule has 2 rings (SSSR count). The molecule has 0 radical (unpaired) electrons. The molecule has 1 fully saturated rings. The fourth-order valence-corrected chi connectivity index (χ4v) is 2.97. The number of carbonyl (C=O) groups excluding carboxylic acids is 3. The highest BCUT2D eigenvalue weighted by molar-refractivity contribution is 5.99. The summed E-state index contributed by atoms with van der Waals surface area (Å²) in [5.74, 6) is -0.846. The van der Waals surface area contributed by atoms with Crippen molar-refractivity contribution in [3.63, 3.8) is 0 Å². The minimum atomic E-state index is -0.579. The third-order valence-corrected chi connectivity index (χ3v) is 4.39. The van der Waals surface area contributed by atoms with E-state index in [0.717, 1.165) is 38.5 Å². The molecular weight excluding hydrogens is 318 g/mol. The lowest BCUT2D eigenvalue weighted by atomic mass is 10.0. The summed E-state index contributed by atoms with van der Waals surface area (Å²) < 4.78 is 4.77. The molecule has 1 amide bonds. The Kier molecular flexibility index (Phi) is 8.16. The largest absolute Gasteiger partial charge is 0.464 e. The summed E-state index contributed by atoms with van der Waals surface area (Å²) in [6, 6.07) is 9.87. The van der Waals surface area contributed by atoms with Crippen LogP contribution in [0.15, 0.2) is 30.3 Å². The van der Waals surface area contributed by atoms with Crippen LogP contribution in [-0.4, -0.2) is 30.3 Å². The van der Waals surface area contributed by atoms with Crippen LogP contribution in [0.5, 0.6) is 0 Å². The fraction of sp³-hybridized carbons (Fsp3) is 0.550. The van der Waals surface area contributed by atoms with Crippen LogP contribution in [0.2, 0.25) is 0 Å². The van der Waals surface area contributed by atoms with Gasteiger partial charge in [0.1, 0.15) is 11.8 Å². The Labute approximate surface area is 149 Å². The number of esters is 1. The summed E-state index contributed by atoms with van der Waals surface area (Å²) in [5.41, 5.74) is 1.37. The number of rotatable bonds is 11. The summed E-state index contributed by atoms with van der Waals surface area (Å²) in [6.45, 7) is 0.335. The van der Waals surface area contributed by atoms with Crippen molar-refractivity contribution in [2.24, 2.45) is 0 Å². The molecule has 25 heavy (non-hydrogen) atoms. The molecule has 1 aromatic carbocycles. The van der Waals surface area contributed by atoms with Gasteiger partial charge in [0.25, 0.3) is 0 Å². The van der Waals surface area contributed by atoms with Crippen LogP contribution in [0.3, 0.4) is 0 Å². The van der Waals surface area contributed by atoms with Gasteiger partial charge in [-0.1, -0.05) is 49.6 Å². The highest BCUT2D eigenvalue weighted by Crippen LogP contribution is 2.11. The van der Waals surface area contributed by atoms with Crippen LogP contribution >= 0.6 is 0 Å². The number of cyclic esters (lactones) is 1. The Balaban J connectivity index is 1.46. The monoisotopic (exact) mass is 345 g/mol. The molecule has 1 aliphatic heterocycles. The number of nitrogens with one attached hydrogen (secondary N) is 1. The first kappa shape index (κ1) is 19.2. The summed E-state index contributed by atoms with van der Waals surface area (Å²) in [5, 5.41) is 2.56. The van der Waals surface area contributed by atoms with Gasteiger partial charge in [0.15, 0.2) is 0 Å². The Morgan fingerprint density at radius 3 is 2.48 bits per heavy atom. The maximum absolute atomic E-state index is 11.8. The third-order valence-electron chi connectivity index (χ3n) is 4.39. The molecule has 1 aromatic rings. The smallest absolute Gasteiger partial charge is 0.328 e. The summed E-state index contributed by atoms with van der Waals surface area (Å²) in [6.07, 6.45) is 7.15. The first-order valence-electron chi connectivity index (χ1n) is 9.17. The van der Waals surface area contributed by atoms with Crippen molar-refractivity contribution in [2.45, 2.75) is 63.8 Å². The molecule has 0 aliphatic carbocycles. The fourth-order valence-electron chi connectivity index (χ4n) is 2.97. The maximum Gasteiger partial charge on any atom is 0.328 e. The van der Waals surface area contributed by atoms with Gasteiger partial charge in [-0.3, -0.25) is 9.59 Å². The van der Waals surface area contributed by atoms with E-state index in [2.05, 4.69) is 29.6 Å². The molecule has 1 saturated heterocycles. The number of Topliss-reactive ketones (excluding diaryl/α,β-unsaturated/α-hetero) is 1. The molecule has 5 heteroatoms. The maximum atomic E-state index is 11.8. The predicted octanol–water partition coefficient (Wildman–Crippen LogP) is 2.96. The lowest BCUT2D eigenvalue weighted by Crippen LogP contribution is -2.38. The number of amides is 1. The van der Waals surface area contributed by atoms with Crippen LogP contribution < -0.4 is 5.32 Å². The number of unbranched alkanes of at least 4 members (excludes halogenated alkanes) is 4. The minimum Gasteiger partial charge on any atom is -0.464 e. The molecular formula is C20H27NO4. The van der Waals surface area contributed by atoms with Crippen molar-refractivity contribution in [1.82, 2.24) is 5.32 Å². The SMILES string of the molecule is O=C(CCCCCCCc1ccccc1)CC(=O)N[C@H]1CCOC1=O. The van der Waals surface area contributed by atoms with E-state index in [1.54, 1.807) is 0 Å². The lowest BCUT2D eigenvalue weighted by Gasteiger charge is -2.08. The standard InChI is InChI=1S/C20H27NO4/c22-17(15-19(23)21-18-13-14-25-20(18)24)12-8-3-1-2-5-9-16-10-6-4-7-11-16/h4,6-7,10-11,18H,1-3,5,8-9,12-15H2,(H,21,23)/t18-/m0/s1. The number of hydrogen-bond donors (Lipinski definition) is 1. The molecule has 1 atom stereocenters. The second kappa shape index (κ2) is 10.6. The summed E-state index contributed by atoms with van der Waals surface area (Å²) in [7, 11) is 0. The zero-order chi connectivity index (χ0) is 17.9. The van der Waals surface area contributed by atoms with Gasteiger partial charge in [0.2, 0.25) is 5.91 Å². The van der Waals surface area contributed by atoms with E-state index in [9.17, 15) is 14.4 Å². The van der Waals surface area contributed by atoms with Crippen LogP contribution in [0, 0.1) is 0 Å². The molecule has 1 N–H and O–H groups in total. The molecule has 0 aromatic heterocycles. The minimum absolute atomic E-state index is 0.0619. The molecule has 0 unspecified atom stereocenters. The van der Waals surface area contributed by atoms with Gasteiger partial charge in [-0.15, -0.1) is 0 Å². The molecule has 0 bridgehead atoms. The number of ketones is 1. The summed E-state index contributed by atoms with van der Waals surface area (Å²) in [4.78, 5) is 34.8. The Morgan fingerprint density at radius 1 is 1.04 bits per heavy atom. The van der Waals surface area contributed by atoms with Crippen molar-refractivity contribution in [2.75, 3.05) is 6.61 Å². The summed E-state index contributed by atoms with van der Waals surface area (Å²) >= 11 is 0. The quantitative estimate of drug-likeness (QED) is 0.380. The molecule has 0 saturated carbocycles. The van der Waals surface area contributed by atoms with Gasteiger partial charge in [-0.25, -0.2) is 4.79 Å². The average molecular weight is 345 g/mol. The highest BCUT2D eigenvalue weighted by Gasteiger charge is 2.28. The van der Waals surface area contributed by atoms with E-state index in [0.29, 0.717) is 19.4 Å². The van der Waals surface area contributed by atoms with Crippen molar-refractivity contribution in [3.05, 3.63) is 35.9 Å². The topological polar surface area (TPSA) is 72.5 Å². The van der Waals surface area contributed by atoms with E-state index >= 15 is 0 Å². The van der Waals surface area contributed by atoms with Crippen molar-refractivity contribution in [1.29, 1.82) is 0 Å². The van der Waals surface area contributed by atoms with Gasteiger partial charge in [-0.05, 0) is 24.8 Å². The number of hydrogen-bond acceptors (Lipinski definition) is 4. The van der Waals surface area contributed by atoms with Gasteiger partial charge in [0.05, 0.1) is 13.0 Å².